The lowest BCUT2D eigenvalue weighted by molar-refractivity contribution is 0.111. The monoisotopic (exact) mass is 264 g/mol. The summed E-state index contributed by atoms with van der Waals surface area (Å²) in [6.07, 6.45) is 5.11. The molecular weight excluding hydrogens is 252 g/mol. The molecule has 0 saturated heterocycles. The Kier molecular flexibility index (Phi) is 3.29. The minimum Gasteiger partial charge on any atom is -0.324 e. The van der Waals surface area contributed by atoms with Gasteiger partial charge in [-0.2, -0.15) is 0 Å². The van der Waals surface area contributed by atoms with Gasteiger partial charge in [0.05, 0.1) is 4.90 Å². The molecule has 18 heavy (non-hydrogen) atoms. The molecular formula is C12H12N2O3S. The van der Waals surface area contributed by atoms with Gasteiger partial charge in [-0.3, -0.25) is 4.79 Å². The van der Waals surface area contributed by atoms with Gasteiger partial charge in [-0.1, -0.05) is 12.1 Å². The van der Waals surface area contributed by atoms with Crippen LogP contribution in [0.15, 0.2) is 41.6 Å². The van der Waals surface area contributed by atoms with E-state index >= 15 is 0 Å². The number of sulfone groups is 1. The zero-order chi connectivity index (χ0) is 13.2. The van der Waals surface area contributed by atoms with Gasteiger partial charge in [0.1, 0.15) is 0 Å². The second-order valence-electron chi connectivity index (χ2n) is 3.95. The Hall–Kier alpha value is -1.95. The van der Waals surface area contributed by atoms with Gasteiger partial charge in [0.2, 0.25) is 0 Å². The summed E-state index contributed by atoms with van der Waals surface area (Å²) in [7, 11) is -3.17. The summed E-state index contributed by atoms with van der Waals surface area (Å²) >= 11 is 0. The molecule has 0 atom stereocenters. The summed E-state index contributed by atoms with van der Waals surface area (Å²) in [5.41, 5.74) is 0.906. The summed E-state index contributed by atoms with van der Waals surface area (Å²) in [4.78, 5) is 14.9. The maximum absolute atomic E-state index is 11.3. The molecule has 0 aliphatic carbocycles. The lowest BCUT2D eigenvalue weighted by atomic mass is 10.2. The fourth-order valence-electron chi connectivity index (χ4n) is 1.61. The molecule has 0 aliphatic heterocycles. The molecule has 2 aromatic rings. The van der Waals surface area contributed by atoms with Crippen molar-refractivity contribution < 1.29 is 13.2 Å². The van der Waals surface area contributed by atoms with E-state index in [0.29, 0.717) is 18.7 Å². The molecule has 6 heteroatoms. The molecule has 0 N–H and O–H groups in total. The average molecular weight is 264 g/mol. The van der Waals surface area contributed by atoms with E-state index in [9.17, 15) is 13.2 Å². The normalized spacial score (nSPS) is 11.4. The highest BCUT2D eigenvalue weighted by atomic mass is 32.2. The number of aromatic nitrogens is 2. The third-order valence-electron chi connectivity index (χ3n) is 2.56. The summed E-state index contributed by atoms with van der Waals surface area (Å²) in [6.45, 7) is 0.484. The van der Waals surface area contributed by atoms with Gasteiger partial charge in [-0.25, -0.2) is 13.4 Å². The number of carbonyl (C=O) groups is 1. The molecule has 1 aromatic carbocycles. The van der Waals surface area contributed by atoms with Gasteiger partial charge in [0.15, 0.2) is 21.9 Å². The quantitative estimate of drug-likeness (QED) is 0.777. The lowest BCUT2D eigenvalue weighted by Gasteiger charge is -2.05. The Bertz CT molecular complexity index is 657. The van der Waals surface area contributed by atoms with Crippen LogP contribution in [0, 0.1) is 0 Å². The van der Waals surface area contributed by atoms with Gasteiger partial charge in [0.25, 0.3) is 0 Å². The molecule has 94 valence electrons. The minimum atomic E-state index is -3.17. The van der Waals surface area contributed by atoms with Gasteiger partial charge < -0.3 is 4.57 Å². The van der Waals surface area contributed by atoms with Gasteiger partial charge >= 0.3 is 0 Å². The maximum atomic E-state index is 11.3. The highest BCUT2D eigenvalue weighted by Gasteiger charge is 2.07. The summed E-state index contributed by atoms with van der Waals surface area (Å²) in [5, 5.41) is 0. The second-order valence-corrected chi connectivity index (χ2v) is 5.96. The highest BCUT2D eigenvalue weighted by Crippen LogP contribution is 2.11. The van der Waals surface area contributed by atoms with E-state index in [-0.39, 0.29) is 4.90 Å². The van der Waals surface area contributed by atoms with Crippen LogP contribution in [-0.2, 0) is 16.4 Å². The van der Waals surface area contributed by atoms with E-state index in [2.05, 4.69) is 4.98 Å². The smallest absolute Gasteiger partial charge is 0.185 e. The number of hydrogen-bond acceptors (Lipinski definition) is 4. The first-order valence-corrected chi connectivity index (χ1v) is 7.15. The first kappa shape index (κ1) is 12.5. The van der Waals surface area contributed by atoms with E-state index in [1.165, 1.54) is 6.26 Å². The predicted molar refractivity (Wildman–Crippen MR) is 66.3 cm³/mol. The van der Waals surface area contributed by atoms with Crippen LogP contribution in [0.25, 0.3) is 0 Å². The average Bonchev–Trinajstić information content (AvgIpc) is 2.76. The fraction of sp³-hybridized carbons (Fsp3) is 0.167. The zero-order valence-electron chi connectivity index (χ0n) is 9.78. The van der Waals surface area contributed by atoms with Crippen LogP contribution in [-0.4, -0.2) is 30.5 Å². The van der Waals surface area contributed by atoms with E-state index in [1.54, 1.807) is 41.2 Å². The molecule has 0 aliphatic rings. The minimum absolute atomic E-state index is 0.285. The van der Waals surface area contributed by atoms with Crippen molar-refractivity contribution in [1.29, 1.82) is 0 Å². The number of imidazole rings is 1. The molecule has 1 aromatic heterocycles. The Balaban J connectivity index is 2.24. The summed E-state index contributed by atoms with van der Waals surface area (Å²) in [5.74, 6) is 0.349. The van der Waals surface area contributed by atoms with Crippen molar-refractivity contribution in [3.63, 3.8) is 0 Å². The van der Waals surface area contributed by atoms with Crippen molar-refractivity contribution in [3.8, 4) is 0 Å². The third-order valence-corrected chi connectivity index (χ3v) is 3.69. The van der Waals surface area contributed by atoms with Crippen molar-refractivity contribution in [2.24, 2.45) is 0 Å². The Morgan fingerprint density at radius 1 is 1.28 bits per heavy atom. The van der Waals surface area contributed by atoms with Gasteiger partial charge in [0, 0.05) is 25.2 Å². The number of aldehydes is 1. The standard InChI is InChI=1S/C12H12N2O3S/c1-18(16,17)11-4-2-10(3-5-11)8-14-7-6-13-12(14)9-15/h2-7,9H,8H2,1H3. The van der Waals surface area contributed by atoms with E-state index < -0.39 is 9.84 Å². The van der Waals surface area contributed by atoms with Crippen molar-refractivity contribution in [2.45, 2.75) is 11.4 Å². The molecule has 0 spiro atoms. The van der Waals surface area contributed by atoms with Crippen LogP contribution in [0.5, 0.6) is 0 Å². The first-order chi connectivity index (χ1) is 8.50. The molecule has 1 heterocycles. The fourth-order valence-corrected chi connectivity index (χ4v) is 2.24. The number of nitrogens with zero attached hydrogens (tertiary/aromatic N) is 2. The van der Waals surface area contributed by atoms with Crippen LogP contribution in [0.3, 0.4) is 0 Å². The van der Waals surface area contributed by atoms with Crippen LogP contribution in [0.4, 0.5) is 0 Å². The van der Waals surface area contributed by atoms with Crippen molar-refractivity contribution >= 4 is 16.1 Å². The van der Waals surface area contributed by atoms with Gasteiger partial charge in [-0.05, 0) is 17.7 Å². The van der Waals surface area contributed by atoms with Gasteiger partial charge in [-0.15, -0.1) is 0 Å². The van der Waals surface area contributed by atoms with E-state index in [1.807, 2.05) is 0 Å². The molecule has 0 fully saturated rings. The number of hydrogen-bond donors (Lipinski definition) is 0. The molecule has 5 nitrogen and oxygen atoms in total. The summed E-state index contributed by atoms with van der Waals surface area (Å²) in [6, 6.07) is 6.57. The van der Waals surface area contributed by atoms with Crippen molar-refractivity contribution in [1.82, 2.24) is 9.55 Å². The molecule has 0 radical (unpaired) electrons. The predicted octanol–water partition coefficient (Wildman–Crippen LogP) is 1.15. The topological polar surface area (TPSA) is 69.0 Å². The van der Waals surface area contributed by atoms with E-state index in [0.717, 1.165) is 5.56 Å². The molecule has 0 saturated carbocycles. The van der Waals surface area contributed by atoms with Crippen LogP contribution in [0.2, 0.25) is 0 Å². The Morgan fingerprint density at radius 2 is 1.94 bits per heavy atom. The number of benzene rings is 1. The lowest BCUT2D eigenvalue weighted by Crippen LogP contribution is -2.04. The zero-order valence-corrected chi connectivity index (χ0v) is 10.6. The molecule has 0 unspecified atom stereocenters. The summed E-state index contributed by atoms with van der Waals surface area (Å²) < 4.78 is 24.3. The third kappa shape index (κ3) is 2.65. The number of rotatable bonds is 4. The van der Waals surface area contributed by atoms with Crippen molar-refractivity contribution in [3.05, 3.63) is 48.0 Å². The van der Waals surface area contributed by atoms with Crippen LogP contribution >= 0.6 is 0 Å². The first-order valence-electron chi connectivity index (χ1n) is 5.26. The van der Waals surface area contributed by atoms with Crippen LogP contribution in [0.1, 0.15) is 16.2 Å². The van der Waals surface area contributed by atoms with Crippen LogP contribution < -0.4 is 0 Å². The molecule has 0 bridgehead atoms. The SMILES string of the molecule is CS(=O)(=O)c1ccc(Cn2ccnc2C=O)cc1. The van der Waals surface area contributed by atoms with Crippen molar-refractivity contribution in [2.75, 3.05) is 6.26 Å². The molecule has 2 rings (SSSR count). The molecule has 0 amide bonds. The highest BCUT2D eigenvalue weighted by molar-refractivity contribution is 7.90. The Morgan fingerprint density at radius 3 is 2.50 bits per heavy atom. The second kappa shape index (κ2) is 4.73. The Labute approximate surface area is 105 Å². The van der Waals surface area contributed by atoms with E-state index in [4.69, 9.17) is 0 Å². The maximum Gasteiger partial charge on any atom is 0.185 e. The largest absolute Gasteiger partial charge is 0.324 e. The number of carbonyl (C=O) groups excluding carboxylic acids is 1.